The van der Waals surface area contributed by atoms with Crippen LogP contribution in [0.4, 0.5) is 4.79 Å². The molecule has 1 aromatic carbocycles. The molecule has 3 atom stereocenters. The van der Waals surface area contributed by atoms with Gasteiger partial charge in [0.15, 0.2) is 0 Å². The Morgan fingerprint density at radius 1 is 1.25 bits per heavy atom. The summed E-state index contributed by atoms with van der Waals surface area (Å²) < 4.78 is 5.42. The van der Waals surface area contributed by atoms with E-state index in [1.165, 1.54) is 12.0 Å². The van der Waals surface area contributed by atoms with E-state index in [0.29, 0.717) is 11.8 Å². The van der Waals surface area contributed by atoms with Crippen LogP contribution in [0.25, 0.3) is 0 Å². The fourth-order valence-corrected chi connectivity index (χ4v) is 3.52. The lowest BCUT2D eigenvalue weighted by Crippen LogP contribution is -2.44. The highest BCUT2D eigenvalue weighted by Gasteiger charge is 2.41. The molecule has 0 radical (unpaired) electrons. The summed E-state index contributed by atoms with van der Waals surface area (Å²) >= 11 is 0. The number of benzene rings is 1. The summed E-state index contributed by atoms with van der Waals surface area (Å²) in [6.07, 6.45) is 2.43. The summed E-state index contributed by atoms with van der Waals surface area (Å²) in [6, 6.07) is 10.5. The van der Waals surface area contributed by atoms with Crippen LogP contribution in [0.3, 0.4) is 0 Å². The minimum Gasteiger partial charge on any atom is -0.446 e. The number of nitrogens with two attached hydrogens (primary N) is 1. The summed E-state index contributed by atoms with van der Waals surface area (Å²) in [5.74, 6) is 0.899. The molecule has 0 saturated heterocycles. The van der Waals surface area contributed by atoms with Gasteiger partial charge in [-0.1, -0.05) is 57.5 Å². The van der Waals surface area contributed by atoms with E-state index in [2.05, 4.69) is 45.0 Å². The van der Waals surface area contributed by atoms with Crippen molar-refractivity contribution in [2.45, 2.75) is 51.6 Å². The van der Waals surface area contributed by atoms with Gasteiger partial charge >= 0.3 is 6.09 Å². The van der Waals surface area contributed by atoms with E-state index in [1.54, 1.807) is 0 Å². The van der Waals surface area contributed by atoms with Gasteiger partial charge in [0, 0.05) is 5.92 Å². The molecule has 3 nitrogen and oxygen atoms in total. The number of carbonyl (C=O) groups excluding carboxylic acids is 1. The Morgan fingerprint density at radius 3 is 2.50 bits per heavy atom. The normalized spacial score (nSPS) is 27.1. The smallest absolute Gasteiger partial charge is 0.404 e. The van der Waals surface area contributed by atoms with Gasteiger partial charge < -0.3 is 10.5 Å². The van der Waals surface area contributed by atoms with Gasteiger partial charge in [-0.05, 0) is 29.7 Å². The van der Waals surface area contributed by atoms with E-state index in [0.717, 1.165) is 12.8 Å². The van der Waals surface area contributed by atoms with Crippen LogP contribution in [0.1, 0.15) is 45.6 Å². The average Bonchev–Trinajstić information content (AvgIpc) is 2.39. The quantitative estimate of drug-likeness (QED) is 0.910. The Bertz CT molecular complexity index is 455. The molecule has 110 valence electrons. The van der Waals surface area contributed by atoms with Crippen molar-refractivity contribution in [1.29, 1.82) is 0 Å². The van der Waals surface area contributed by atoms with E-state index in [-0.39, 0.29) is 11.5 Å². The molecule has 2 unspecified atom stereocenters. The van der Waals surface area contributed by atoms with Gasteiger partial charge in [0.05, 0.1) is 0 Å². The van der Waals surface area contributed by atoms with E-state index < -0.39 is 6.09 Å². The number of rotatable bonds is 3. The Hall–Kier alpha value is -1.51. The maximum atomic E-state index is 11.2. The van der Waals surface area contributed by atoms with Crippen LogP contribution in [0, 0.1) is 11.8 Å². The SMILES string of the molecule is CC1CC[C@@H](C(C)(C)c2ccccc2)C(OC(N)=O)C1. The maximum Gasteiger partial charge on any atom is 0.404 e. The number of ether oxygens (including phenoxy) is 1. The third-order valence-corrected chi connectivity index (χ3v) is 4.77. The third kappa shape index (κ3) is 3.14. The average molecular weight is 275 g/mol. The molecule has 1 amide bonds. The Morgan fingerprint density at radius 2 is 1.90 bits per heavy atom. The fraction of sp³-hybridized carbons (Fsp3) is 0.588. The van der Waals surface area contributed by atoms with Gasteiger partial charge in [-0.25, -0.2) is 4.79 Å². The molecular weight excluding hydrogens is 250 g/mol. The minimum atomic E-state index is -0.655. The topological polar surface area (TPSA) is 52.3 Å². The van der Waals surface area contributed by atoms with Crippen molar-refractivity contribution < 1.29 is 9.53 Å². The molecular formula is C17H25NO2. The predicted molar refractivity (Wildman–Crippen MR) is 80.4 cm³/mol. The second-order valence-corrected chi connectivity index (χ2v) is 6.59. The first-order chi connectivity index (χ1) is 9.41. The second kappa shape index (κ2) is 5.86. The van der Waals surface area contributed by atoms with Crippen molar-refractivity contribution in [2.75, 3.05) is 0 Å². The number of hydrogen-bond acceptors (Lipinski definition) is 2. The molecule has 0 spiro atoms. The van der Waals surface area contributed by atoms with Crippen molar-refractivity contribution in [1.82, 2.24) is 0 Å². The number of primary amides is 1. The van der Waals surface area contributed by atoms with Gasteiger partial charge in [-0.15, -0.1) is 0 Å². The van der Waals surface area contributed by atoms with E-state index in [1.807, 2.05) is 6.07 Å². The predicted octanol–water partition coefficient (Wildman–Crippen LogP) is 3.86. The molecule has 1 aliphatic rings. The van der Waals surface area contributed by atoms with Crippen LogP contribution in [0.2, 0.25) is 0 Å². The van der Waals surface area contributed by atoms with Gasteiger partial charge in [-0.2, -0.15) is 0 Å². The molecule has 0 aliphatic heterocycles. The first-order valence-corrected chi connectivity index (χ1v) is 7.43. The Labute approximate surface area is 121 Å². The summed E-state index contributed by atoms with van der Waals surface area (Å²) in [6.45, 7) is 6.68. The van der Waals surface area contributed by atoms with Crippen LogP contribution in [-0.2, 0) is 10.2 Å². The number of carbonyl (C=O) groups is 1. The zero-order chi connectivity index (χ0) is 14.8. The zero-order valence-electron chi connectivity index (χ0n) is 12.6. The molecule has 1 aliphatic carbocycles. The molecule has 3 heteroatoms. The van der Waals surface area contributed by atoms with Crippen molar-refractivity contribution in [3.05, 3.63) is 35.9 Å². The highest BCUT2D eigenvalue weighted by molar-refractivity contribution is 5.64. The fourth-order valence-electron chi connectivity index (χ4n) is 3.52. The van der Waals surface area contributed by atoms with Crippen molar-refractivity contribution in [3.8, 4) is 0 Å². The highest BCUT2D eigenvalue weighted by atomic mass is 16.6. The minimum absolute atomic E-state index is 0.0263. The molecule has 1 saturated carbocycles. The molecule has 0 heterocycles. The van der Waals surface area contributed by atoms with Crippen molar-refractivity contribution >= 4 is 6.09 Å². The monoisotopic (exact) mass is 275 g/mol. The summed E-state index contributed by atoms with van der Waals surface area (Å²) in [5, 5.41) is 0. The Balaban J connectivity index is 2.25. The number of hydrogen-bond donors (Lipinski definition) is 1. The number of amides is 1. The van der Waals surface area contributed by atoms with E-state index >= 15 is 0 Å². The zero-order valence-corrected chi connectivity index (χ0v) is 12.6. The summed E-state index contributed by atoms with van der Waals surface area (Å²) in [4.78, 5) is 11.2. The van der Waals surface area contributed by atoms with Gasteiger partial charge in [0.2, 0.25) is 0 Å². The molecule has 2 N–H and O–H groups in total. The first-order valence-electron chi connectivity index (χ1n) is 7.43. The highest BCUT2D eigenvalue weighted by Crippen LogP contribution is 2.43. The van der Waals surface area contributed by atoms with Crippen molar-refractivity contribution in [3.63, 3.8) is 0 Å². The first kappa shape index (κ1) is 14.9. The second-order valence-electron chi connectivity index (χ2n) is 6.59. The standard InChI is InChI=1S/C17H25NO2/c1-12-9-10-14(15(11-12)20-16(18)19)17(2,3)13-7-5-4-6-8-13/h4-8,12,14-15H,9-11H2,1-3H3,(H2,18,19)/t12?,14-,15?/m1/s1. The van der Waals surface area contributed by atoms with Crippen molar-refractivity contribution in [2.24, 2.45) is 17.6 Å². The Kier molecular flexibility index (Phi) is 4.36. The summed E-state index contributed by atoms with van der Waals surface area (Å²) in [7, 11) is 0. The molecule has 1 fully saturated rings. The third-order valence-electron chi connectivity index (χ3n) is 4.77. The molecule has 0 aromatic heterocycles. The molecule has 0 bridgehead atoms. The van der Waals surface area contributed by atoms with Crippen LogP contribution < -0.4 is 5.73 Å². The lowest BCUT2D eigenvalue weighted by molar-refractivity contribution is 0.000689. The van der Waals surface area contributed by atoms with Crippen LogP contribution in [0.15, 0.2) is 30.3 Å². The van der Waals surface area contributed by atoms with E-state index in [9.17, 15) is 4.79 Å². The lowest BCUT2D eigenvalue weighted by Gasteiger charge is -2.43. The van der Waals surface area contributed by atoms with Crippen LogP contribution in [0.5, 0.6) is 0 Å². The van der Waals surface area contributed by atoms with Crippen LogP contribution >= 0.6 is 0 Å². The molecule has 20 heavy (non-hydrogen) atoms. The maximum absolute atomic E-state index is 11.2. The van der Waals surface area contributed by atoms with Gasteiger partial charge in [0.25, 0.3) is 0 Å². The lowest BCUT2D eigenvalue weighted by atomic mass is 9.64. The summed E-state index contributed by atoms with van der Waals surface area (Å²) in [5.41, 5.74) is 6.51. The van der Waals surface area contributed by atoms with E-state index in [4.69, 9.17) is 10.5 Å². The molecule has 2 rings (SSSR count). The largest absolute Gasteiger partial charge is 0.446 e. The van der Waals surface area contributed by atoms with Gasteiger partial charge in [0.1, 0.15) is 6.10 Å². The van der Waals surface area contributed by atoms with Crippen LogP contribution in [-0.4, -0.2) is 12.2 Å². The van der Waals surface area contributed by atoms with Gasteiger partial charge in [-0.3, -0.25) is 0 Å². The molecule has 1 aromatic rings.